The first-order chi connectivity index (χ1) is 13.9. The number of benzene rings is 1. The average Bonchev–Trinajstić information content (AvgIpc) is 3.19. The zero-order valence-corrected chi connectivity index (χ0v) is 16.8. The van der Waals surface area contributed by atoms with Crippen LogP contribution in [0.1, 0.15) is 48.3 Å². The summed E-state index contributed by atoms with van der Waals surface area (Å²) in [5, 5.41) is 0. The van der Waals surface area contributed by atoms with E-state index in [1.807, 2.05) is 11.8 Å². The van der Waals surface area contributed by atoms with Gasteiger partial charge in [-0.2, -0.15) is 0 Å². The molecule has 3 heterocycles. The number of fused-ring (bicyclic) bond motifs is 1. The van der Waals surface area contributed by atoms with E-state index < -0.39 is 0 Å². The highest BCUT2D eigenvalue weighted by Crippen LogP contribution is 2.32. The summed E-state index contributed by atoms with van der Waals surface area (Å²) in [7, 11) is 0. The third-order valence-corrected chi connectivity index (χ3v) is 5.92. The van der Waals surface area contributed by atoms with Crippen LogP contribution in [0.3, 0.4) is 0 Å². The van der Waals surface area contributed by atoms with Crippen LogP contribution in [0.2, 0.25) is 0 Å². The van der Waals surface area contributed by atoms with Gasteiger partial charge in [0.05, 0.1) is 0 Å². The lowest BCUT2D eigenvalue weighted by Gasteiger charge is -2.30. The third kappa shape index (κ3) is 3.86. The summed E-state index contributed by atoms with van der Waals surface area (Å²) in [6.07, 6.45) is 2.29. The van der Waals surface area contributed by atoms with Gasteiger partial charge >= 0.3 is 0 Å². The van der Waals surface area contributed by atoms with Crippen molar-refractivity contribution in [3.8, 4) is 0 Å². The Bertz CT molecular complexity index is 962. The number of carbonyl (C=O) groups is 2. The Morgan fingerprint density at radius 3 is 2.76 bits per heavy atom. The second-order valence-corrected chi connectivity index (χ2v) is 7.81. The van der Waals surface area contributed by atoms with Gasteiger partial charge in [-0.25, -0.2) is 14.4 Å². The van der Waals surface area contributed by atoms with Gasteiger partial charge in [-0.1, -0.05) is 18.2 Å². The molecule has 0 aliphatic carbocycles. The van der Waals surface area contributed by atoms with E-state index in [9.17, 15) is 14.0 Å². The van der Waals surface area contributed by atoms with Gasteiger partial charge in [-0.3, -0.25) is 14.5 Å². The van der Waals surface area contributed by atoms with Crippen molar-refractivity contribution in [2.45, 2.75) is 45.4 Å². The van der Waals surface area contributed by atoms with Crippen molar-refractivity contribution < 1.29 is 14.0 Å². The largest absolute Gasteiger partial charge is 0.342 e. The number of likely N-dealkylation sites (tertiary alicyclic amines) is 1. The molecule has 2 aliphatic heterocycles. The first kappa shape index (κ1) is 19.5. The number of anilines is 1. The minimum absolute atomic E-state index is 0.00896. The summed E-state index contributed by atoms with van der Waals surface area (Å²) >= 11 is 0. The van der Waals surface area contributed by atoms with Gasteiger partial charge in [-0.15, -0.1) is 0 Å². The normalized spacial score (nSPS) is 18.9. The summed E-state index contributed by atoms with van der Waals surface area (Å²) in [6.45, 7) is 5.22. The van der Waals surface area contributed by atoms with Crippen molar-refractivity contribution in [1.82, 2.24) is 14.9 Å². The molecule has 2 aliphatic rings. The van der Waals surface area contributed by atoms with Crippen LogP contribution in [0, 0.1) is 12.7 Å². The molecule has 7 heteroatoms. The van der Waals surface area contributed by atoms with E-state index in [1.165, 1.54) is 6.07 Å². The maximum absolute atomic E-state index is 14.0. The Morgan fingerprint density at radius 1 is 1.24 bits per heavy atom. The van der Waals surface area contributed by atoms with E-state index in [2.05, 4.69) is 0 Å². The van der Waals surface area contributed by atoms with E-state index in [-0.39, 0.29) is 23.5 Å². The summed E-state index contributed by atoms with van der Waals surface area (Å²) in [4.78, 5) is 37.3. The van der Waals surface area contributed by atoms with Crippen LogP contribution in [0.15, 0.2) is 24.3 Å². The molecule has 1 saturated heterocycles. The van der Waals surface area contributed by atoms with Crippen molar-refractivity contribution in [3.63, 3.8) is 0 Å². The Hall–Kier alpha value is -2.83. The predicted octanol–water partition coefficient (Wildman–Crippen LogP) is 2.78. The van der Waals surface area contributed by atoms with Crippen LogP contribution in [-0.4, -0.2) is 46.3 Å². The number of rotatable bonds is 4. The van der Waals surface area contributed by atoms with Crippen LogP contribution < -0.4 is 4.90 Å². The van der Waals surface area contributed by atoms with Gasteiger partial charge in [0.2, 0.25) is 11.8 Å². The zero-order chi connectivity index (χ0) is 20.5. The molecule has 1 aromatic heterocycles. The van der Waals surface area contributed by atoms with Crippen LogP contribution in [0.4, 0.5) is 10.2 Å². The molecule has 6 nitrogen and oxygen atoms in total. The molecular formula is C22H25FN4O2. The molecule has 0 N–H and O–H groups in total. The number of carbonyl (C=O) groups excluding carboxylic acids is 2. The maximum Gasteiger partial charge on any atom is 0.228 e. The van der Waals surface area contributed by atoms with Crippen molar-refractivity contribution in [3.05, 3.63) is 52.7 Å². The number of hydrogen-bond donors (Lipinski definition) is 0. The number of aryl methyl sites for hydroxylation is 1. The number of hydrogen-bond acceptors (Lipinski definition) is 4. The van der Waals surface area contributed by atoms with Gasteiger partial charge in [-0.05, 0) is 37.8 Å². The quantitative estimate of drug-likeness (QED) is 0.797. The van der Waals surface area contributed by atoms with Crippen LogP contribution in [0.25, 0.3) is 0 Å². The summed E-state index contributed by atoms with van der Waals surface area (Å²) < 4.78 is 14.0. The summed E-state index contributed by atoms with van der Waals surface area (Å²) in [6, 6.07) is 6.65. The molecule has 2 amide bonds. The highest BCUT2D eigenvalue weighted by Gasteiger charge is 2.32. The van der Waals surface area contributed by atoms with Gasteiger partial charge in [0.15, 0.2) is 0 Å². The molecule has 1 unspecified atom stereocenters. The number of amides is 2. The minimum Gasteiger partial charge on any atom is -0.342 e. The SMILES string of the molecule is CC(=O)N1CCC(c2nc(C)c3c(n2)N(CCc2ccccc2F)C(=O)CC3)C1. The zero-order valence-electron chi connectivity index (χ0n) is 16.8. The third-order valence-electron chi connectivity index (χ3n) is 5.92. The number of nitrogens with zero attached hydrogens (tertiary/aromatic N) is 4. The summed E-state index contributed by atoms with van der Waals surface area (Å²) in [5.41, 5.74) is 2.46. The van der Waals surface area contributed by atoms with E-state index >= 15 is 0 Å². The first-order valence-corrected chi connectivity index (χ1v) is 10.1. The molecule has 1 fully saturated rings. The van der Waals surface area contributed by atoms with E-state index in [0.717, 1.165) is 17.7 Å². The minimum atomic E-state index is -0.257. The molecule has 29 heavy (non-hydrogen) atoms. The molecule has 2 aromatic rings. The van der Waals surface area contributed by atoms with Gasteiger partial charge in [0.25, 0.3) is 0 Å². The predicted molar refractivity (Wildman–Crippen MR) is 107 cm³/mol. The lowest BCUT2D eigenvalue weighted by atomic mass is 10.0. The number of aromatic nitrogens is 2. The molecule has 0 saturated carbocycles. The van der Waals surface area contributed by atoms with Crippen molar-refractivity contribution in [2.24, 2.45) is 0 Å². The fraction of sp³-hybridized carbons (Fsp3) is 0.455. The lowest BCUT2D eigenvalue weighted by molar-refractivity contribution is -0.127. The second kappa shape index (κ2) is 7.89. The van der Waals surface area contributed by atoms with E-state index in [0.29, 0.717) is 56.1 Å². The highest BCUT2D eigenvalue weighted by atomic mass is 19.1. The molecule has 1 aromatic carbocycles. The smallest absolute Gasteiger partial charge is 0.228 e. The van der Waals surface area contributed by atoms with Crippen LogP contribution in [0.5, 0.6) is 0 Å². The average molecular weight is 396 g/mol. The Kier molecular flexibility index (Phi) is 5.30. The molecule has 152 valence electrons. The van der Waals surface area contributed by atoms with Gasteiger partial charge in [0, 0.05) is 50.2 Å². The van der Waals surface area contributed by atoms with Crippen LogP contribution in [-0.2, 0) is 22.4 Å². The fourth-order valence-electron chi connectivity index (χ4n) is 4.21. The Labute approximate surface area is 169 Å². The summed E-state index contributed by atoms with van der Waals surface area (Å²) in [5.74, 6) is 1.23. The standard InChI is InChI=1S/C22H25FN4O2/c1-14-18-7-8-20(29)27(12-10-16-5-3-4-6-19(16)23)22(18)25-21(24-14)17-9-11-26(13-17)15(2)28/h3-6,17H,7-13H2,1-2H3. The van der Waals surface area contributed by atoms with Gasteiger partial charge < -0.3 is 4.90 Å². The van der Waals surface area contributed by atoms with Crippen molar-refractivity contribution in [2.75, 3.05) is 24.5 Å². The van der Waals surface area contributed by atoms with Crippen molar-refractivity contribution in [1.29, 1.82) is 0 Å². The van der Waals surface area contributed by atoms with E-state index in [4.69, 9.17) is 9.97 Å². The van der Waals surface area contributed by atoms with E-state index in [1.54, 1.807) is 30.0 Å². The molecule has 0 bridgehead atoms. The fourth-order valence-corrected chi connectivity index (χ4v) is 4.21. The van der Waals surface area contributed by atoms with Crippen molar-refractivity contribution >= 4 is 17.6 Å². The maximum atomic E-state index is 14.0. The first-order valence-electron chi connectivity index (χ1n) is 10.1. The molecular weight excluding hydrogens is 371 g/mol. The molecule has 1 atom stereocenters. The topological polar surface area (TPSA) is 66.4 Å². The Morgan fingerprint density at radius 2 is 2.03 bits per heavy atom. The molecule has 0 spiro atoms. The van der Waals surface area contributed by atoms with Gasteiger partial charge in [0.1, 0.15) is 17.5 Å². The Balaban J connectivity index is 1.61. The van der Waals surface area contributed by atoms with Crippen LogP contribution >= 0.6 is 0 Å². The monoisotopic (exact) mass is 396 g/mol. The molecule has 4 rings (SSSR count). The highest BCUT2D eigenvalue weighted by molar-refractivity contribution is 5.95. The molecule has 0 radical (unpaired) electrons. The lowest BCUT2D eigenvalue weighted by Crippen LogP contribution is -2.38. The second-order valence-electron chi connectivity index (χ2n) is 7.81. The number of halogens is 1.